The highest BCUT2D eigenvalue weighted by molar-refractivity contribution is 6.12. The quantitative estimate of drug-likeness (QED) is 0.551. The van der Waals surface area contributed by atoms with Gasteiger partial charge in [0.1, 0.15) is 11.3 Å². The fourth-order valence-corrected chi connectivity index (χ4v) is 2.19. The van der Waals surface area contributed by atoms with E-state index in [0.29, 0.717) is 19.5 Å². The zero-order chi connectivity index (χ0) is 14.0. The van der Waals surface area contributed by atoms with Gasteiger partial charge in [0.15, 0.2) is 7.85 Å². The molecule has 104 valence electrons. The number of nitrogens with zero attached hydrogens (tertiary/aromatic N) is 1. The van der Waals surface area contributed by atoms with Crippen LogP contribution < -0.4 is 0 Å². The van der Waals surface area contributed by atoms with Gasteiger partial charge in [-0.1, -0.05) is 0 Å². The van der Waals surface area contributed by atoms with E-state index < -0.39 is 11.3 Å². The van der Waals surface area contributed by atoms with Gasteiger partial charge in [-0.2, -0.15) is 0 Å². The van der Waals surface area contributed by atoms with Crippen molar-refractivity contribution in [2.45, 2.75) is 51.3 Å². The molecule has 1 fully saturated rings. The van der Waals surface area contributed by atoms with Crippen molar-refractivity contribution in [1.29, 1.82) is 0 Å². The first-order chi connectivity index (χ1) is 8.07. The fourth-order valence-electron chi connectivity index (χ4n) is 2.19. The first-order valence-corrected chi connectivity index (χ1v) is 6.49. The molecule has 1 heterocycles. The minimum Gasteiger partial charge on any atom is -0.444 e. The van der Waals surface area contributed by atoms with Crippen molar-refractivity contribution in [2.24, 2.45) is 5.92 Å². The number of carbonyl (C=O) groups excluding carboxylic acids is 1. The van der Waals surface area contributed by atoms with Crippen molar-refractivity contribution in [2.75, 3.05) is 13.1 Å². The minimum absolute atomic E-state index is 0.253. The Morgan fingerprint density at radius 3 is 2.22 bits per heavy atom. The van der Waals surface area contributed by atoms with Gasteiger partial charge in [0.2, 0.25) is 0 Å². The third-order valence-corrected chi connectivity index (χ3v) is 2.94. The summed E-state index contributed by atoms with van der Waals surface area (Å²) in [5.41, 5.74) is -2.08. The summed E-state index contributed by atoms with van der Waals surface area (Å²) in [7, 11) is 1.40. The van der Waals surface area contributed by atoms with Gasteiger partial charge in [0.25, 0.3) is 0 Å². The topological polar surface area (TPSA) is 70.0 Å². The van der Waals surface area contributed by atoms with Crippen LogP contribution in [0.1, 0.15) is 40.0 Å². The van der Waals surface area contributed by atoms with E-state index in [0.717, 1.165) is 12.8 Å². The summed E-state index contributed by atoms with van der Waals surface area (Å²) in [4.78, 5) is 13.5. The number of likely N-dealkylation sites (tertiary alicyclic amines) is 1. The van der Waals surface area contributed by atoms with Gasteiger partial charge in [-0.25, -0.2) is 4.79 Å². The maximum Gasteiger partial charge on any atom is 0.410 e. The number of hydrogen-bond donors (Lipinski definition) is 2. The van der Waals surface area contributed by atoms with Gasteiger partial charge in [-0.15, -0.1) is 0 Å². The second-order valence-corrected chi connectivity index (χ2v) is 6.33. The smallest absolute Gasteiger partial charge is 0.410 e. The SMILES string of the molecule is BC(O)(O)CC1CCN(C(=O)OC(C)(C)C)CC1. The van der Waals surface area contributed by atoms with E-state index in [1.807, 2.05) is 20.8 Å². The average molecular weight is 257 g/mol. The standard InChI is InChI=1S/C12H24BNO4/c1-11(2,3)18-10(15)14-6-4-9(5-7-14)8-12(13,16)17/h9,16-17H,4-8,13H2,1-3H3. The van der Waals surface area contributed by atoms with E-state index in [-0.39, 0.29) is 12.0 Å². The largest absolute Gasteiger partial charge is 0.444 e. The van der Waals surface area contributed by atoms with Crippen LogP contribution in [0.5, 0.6) is 0 Å². The molecule has 0 radical (unpaired) electrons. The van der Waals surface area contributed by atoms with Crippen LogP contribution in [-0.4, -0.2) is 53.4 Å². The molecule has 0 saturated carbocycles. The molecule has 6 heteroatoms. The number of piperidine rings is 1. The second kappa shape index (κ2) is 5.49. The molecule has 0 aromatic rings. The van der Waals surface area contributed by atoms with Gasteiger partial charge in [-0.05, 0) is 46.0 Å². The van der Waals surface area contributed by atoms with E-state index in [1.54, 1.807) is 4.90 Å². The Hall–Kier alpha value is -0.745. The summed E-state index contributed by atoms with van der Waals surface area (Å²) in [5.74, 6) is 0.253. The zero-order valence-corrected chi connectivity index (χ0v) is 11.8. The van der Waals surface area contributed by atoms with Gasteiger partial charge < -0.3 is 19.8 Å². The molecule has 0 aromatic heterocycles. The Bertz CT molecular complexity index is 287. The fraction of sp³-hybridized carbons (Fsp3) is 0.917. The Morgan fingerprint density at radius 2 is 1.83 bits per heavy atom. The van der Waals surface area contributed by atoms with Crippen LogP contribution >= 0.6 is 0 Å². The van der Waals surface area contributed by atoms with E-state index in [1.165, 1.54) is 7.85 Å². The number of hydrogen-bond acceptors (Lipinski definition) is 4. The molecule has 1 aliphatic rings. The highest BCUT2D eigenvalue weighted by Crippen LogP contribution is 2.25. The molecule has 2 N–H and O–H groups in total. The van der Waals surface area contributed by atoms with E-state index >= 15 is 0 Å². The number of ether oxygens (including phenoxy) is 1. The first-order valence-electron chi connectivity index (χ1n) is 6.49. The van der Waals surface area contributed by atoms with E-state index in [9.17, 15) is 15.0 Å². The molecular formula is C12H24BNO4. The van der Waals surface area contributed by atoms with E-state index in [4.69, 9.17) is 4.74 Å². The van der Waals surface area contributed by atoms with Crippen LogP contribution in [0.3, 0.4) is 0 Å². The molecule has 0 aliphatic carbocycles. The van der Waals surface area contributed by atoms with Crippen LogP contribution in [0.2, 0.25) is 0 Å². The summed E-state index contributed by atoms with van der Waals surface area (Å²) in [6, 6.07) is 0. The highest BCUT2D eigenvalue weighted by Gasteiger charge is 2.29. The lowest BCUT2D eigenvalue weighted by Crippen LogP contribution is -2.43. The lowest BCUT2D eigenvalue weighted by atomic mass is 9.81. The van der Waals surface area contributed by atoms with Gasteiger partial charge in [0.05, 0.1) is 0 Å². The van der Waals surface area contributed by atoms with Crippen molar-refractivity contribution in [1.82, 2.24) is 4.90 Å². The predicted molar refractivity (Wildman–Crippen MR) is 70.9 cm³/mol. The molecule has 0 atom stereocenters. The Balaban J connectivity index is 2.37. The summed E-state index contributed by atoms with van der Waals surface area (Å²) in [6.07, 6.45) is 1.65. The van der Waals surface area contributed by atoms with Crippen molar-refractivity contribution in [3.8, 4) is 0 Å². The van der Waals surface area contributed by atoms with Crippen LogP contribution in [0.25, 0.3) is 0 Å². The normalized spacial score (nSPS) is 18.8. The Labute approximate surface area is 110 Å². The monoisotopic (exact) mass is 257 g/mol. The van der Waals surface area contributed by atoms with Crippen LogP contribution in [0.15, 0.2) is 0 Å². The average Bonchev–Trinajstić information content (AvgIpc) is 2.13. The maximum atomic E-state index is 11.8. The molecule has 0 unspecified atom stereocenters. The minimum atomic E-state index is -1.61. The molecule has 1 aliphatic heterocycles. The van der Waals surface area contributed by atoms with Gasteiger partial charge in [0, 0.05) is 13.1 Å². The summed E-state index contributed by atoms with van der Waals surface area (Å²) < 4.78 is 5.30. The van der Waals surface area contributed by atoms with Crippen molar-refractivity contribution in [3.05, 3.63) is 0 Å². The Morgan fingerprint density at radius 1 is 1.33 bits per heavy atom. The van der Waals surface area contributed by atoms with E-state index in [2.05, 4.69) is 0 Å². The number of aliphatic hydroxyl groups is 2. The molecule has 5 nitrogen and oxygen atoms in total. The maximum absolute atomic E-state index is 11.8. The molecule has 0 spiro atoms. The zero-order valence-electron chi connectivity index (χ0n) is 11.8. The lowest BCUT2D eigenvalue weighted by molar-refractivity contribution is -0.104. The van der Waals surface area contributed by atoms with Crippen molar-refractivity contribution >= 4 is 13.9 Å². The third kappa shape index (κ3) is 5.73. The van der Waals surface area contributed by atoms with Crippen molar-refractivity contribution in [3.63, 3.8) is 0 Å². The molecule has 1 amide bonds. The highest BCUT2D eigenvalue weighted by atomic mass is 16.6. The number of amides is 1. The van der Waals surface area contributed by atoms with Crippen LogP contribution in [-0.2, 0) is 4.74 Å². The molecule has 0 bridgehead atoms. The molecular weight excluding hydrogens is 233 g/mol. The number of rotatable bonds is 2. The summed E-state index contributed by atoms with van der Waals surface area (Å²) in [5, 5.41) is 18.7. The molecule has 18 heavy (non-hydrogen) atoms. The summed E-state index contributed by atoms with van der Waals surface area (Å²) in [6.45, 7) is 6.78. The van der Waals surface area contributed by atoms with Crippen LogP contribution in [0, 0.1) is 5.92 Å². The second-order valence-electron chi connectivity index (χ2n) is 6.33. The Kier molecular flexibility index (Phi) is 4.67. The molecule has 1 rings (SSSR count). The van der Waals surface area contributed by atoms with Crippen LogP contribution in [0.4, 0.5) is 4.79 Å². The molecule has 0 aromatic carbocycles. The predicted octanol–water partition coefficient (Wildman–Crippen LogP) is 0.295. The van der Waals surface area contributed by atoms with Crippen molar-refractivity contribution < 1.29 is 19.7 Å². The first kappa shape index (κ1) is 15.3. The van der Waals surface area contributed by atoms with Gasteiger partial charge >= 0.3 is 6.09 Å². The summed E-state index contributed by atoms with van der Waals surface area (Å²) >= 11 is 0. The molecule has 1 saturated heterocycles. The number of carbonyl (C=O) groups is 1. The third-order valence-electron chi connectivity index (χ3n) is 2.94. The lowest BCUT2D eigenvalue weighted by Gasteiger charge is -2.35. The van der Waals surface area contributed by atoms with Gasteiger partial charge in [-0.3, -0.25) is 0 Å².